The van der Waals surface area contributed by atoms with Crippen molar-refractivity contribution in [2.24, 2.45) is 11.7 Å². The fourth-order valence-electron chi connectivity index (χ4n) is 1.43. The van der Waals surface area contributed by atoms with Crippen LogP contribution in [0.1, 0.15) is 32.5 Å². The molecule has 108 valence electrons. The van der Waals surface area contributed by atoms with Crippen LogP contribution in [-0.4, -0.2) is 35.3 Å². The lowest BCUT2D eigenvalue weighted by atomic mass is 10.1. The molecule has 1 aromatic heterocycles. The number of carboxylic acids is 1. The van der Waals surface area contributed by atoms with Crippen molar-refractivity contribution in [3.8, 4) is 0 Å². The maximum Gasteiger partial charge on any atom is 0.326 e. The topological polar surface area (TPSA) is 97.5 Å². The molecule has 0 aromatic carbocycles. The number of carboxylic acid groups (broad SMARTS) is 1. The fraction of sp³-hybridized carbons (Fsp3) is 0.667. The summed E-state index contributed by atoms with van der Waals surface area (Å²) in [5, 5.41) is 14.4. The minimum absolute atomic E-state index is 0.139. The first-order chi connectivity index (χ1) is 8.95. The average molecular weight is 287 g/mol. The molecule has 0 spiro atoms. The number of anilines is 1. The van der Waals surface area contributed by atoms with Crippen LogP contribution in [0.5, 0.6) is 0 Å². The fourth-order valence-corrected chi connectivity index (χ4v) is 2.24. The molecule has 1 heterocycles. The minimum atomic E-state index is -1.08. The number of carbonyl (C=O) groups is 1. The van der Waals surface area contributed by atoms with Gasteiger partial charge in [0.25, 0.3) is 0 Å². The van der Waals surface area contributed by atoms with E-state index in [9.17, 15) is 4.79 Å². The van der Waals surface area contributed by atoms with Gasteiger partial charge in [-0.05, 0) is 12.8 Å². The number of nitrogens with one attached hydrogen (secondary N) is 1. The van der Waals surface area contributed by atoms with Crippen LogP contribution in [0.4, 0.5) is 5.13 Å². The van der Waals surface area contributed by atoms with E-state index in [1.165, 1.54) is 11.3 Å². The zero-order valence-corrected chi connectivity index (χ0v) is 12.2. The predicted molar refractivity (Wildman–Crippen MR) is 75.4 cm³/mol. The van der Waals surface area contributed by atoms with Crippen LogP contribution in [0.15, 0.2) is 5.38 Å². The van der Waals surface area contributed by atoms with E-state index < -0.39 is 12.0 Å². The second-order valence-electron chi connectivity index (χ2n) is 4.55. The summed E-state index contributed by atoms with van der Waals surface area (Å²) >= 11 is 1.35. The molecule has 2 unspecified atom stereocenters. The van der Waals surface area contributed by atoms with Gasteiger partial charge in [0.2, 0.25) is 0 Å². The molecule has 0 aliphatic carbocycles. The minimum Gasteiger partial charge on any atom is -0.480 e. The molecular formula is C12H21N3O3S. The van der Waals surface area contributed by atoms with Crippen molar-refractivity contribution in [1.82, 2.24) is 4.98 Å². The van der Waals surface area contributed by atoms with Gasteiger partial charge in [0.1, 0.15) is 6.04 Å². The van der Waals surface area contributed by atoms with Crippen molar-refractivity contribution in [1.29, 1.82) is 0 Å². The number of thiazole rings is 1. The quantitative estimate of drug-likeness (QED) is 0.673. The van der Waals surface area contributed by atoms with Crippen molar-refractivity contribution in [2.75, 3.05) is 18.5 Å². The molecule has 4 N–H and O–H groups in total. The average Bonchev–Trinajstić information content (AvgIpc) is 2.81. The van der Waals surface area contributed by atoms with Crippen LogP contribution < -0.4 is 11.1 Å². The van der Waals surface area contributed by atoms with Gasteiger partial charge in [-0.25, -0.2) is 4.98 Å². The molecule has 0 aliphatic rings. The van der Waals surface area contributed by atoms with E-state index in [1.807, 2.05) is 6.92 Å². The molecule has 0 aliphatic heterocycles. The van der Waals surface area contributed by atoms with E-state index in [2.05, 4.69) is 24.1 Å². The van der Waals surface area contributed by atoms with Gasteiger partial charge in [-0.3, -0.25) is 4.79 Å². The summed E-state index contributed by atoms with van der Waals surface area (Å²) in [6.45, 7) is 7.39. The number of rotatable bonds is 8. The standard InChI is InChI=1S/C12H21N3O3S/c1-4-18-5-8(7(2)3)14-12-15-9(6-19-12)10(13)11(16)17/h6-8,10H,4-5,13H2,1-3H3,(H,14,15)(H,16,17). The summed E-state index contributed by atoms with van der Waals surface area (Å²) in [6.07, 6.45) is 0. The summed E-state index contributed by atoms with van der Waals surface area (Å²) < 4.78 is 5.42. The Hall–Kier alpha value is -1.18. The highest BCUT2D eigenvalue weighted by molar-refractivity contribution is 7.13. The molecule has 7 heteroatoms. The number of aromatic nitrogens is 1. The van der Waals surface area contributed by atoms with E-state index in [0.717, 1.165) is 0 Å². The van der Waals surface area contributed by atoms with E-state index in [0.29, 0.717) is 30.0 Å². The molecule has 0 saturated carbocycles. The molecule has 0 fully saturated rings. The van der Waals surface area contributed by atoms with Crippen LogP contribution in [-0.2, 0) is 9.53 Å². The summed E-state index contributed by atoms with van der Waals surface area (Å²) in [6, 6.07) is -0.934. The van der Waals surface area contributed by atoms with Gasteiger partial charge in [-0.15, -0.1) is 11.3 Å². The molecular weight excluding hydrogens is 266 g/mol. The molecule has 1 aromatic rings. The molecule has 0 amide bonds. The number of nitrogens with two attached hydrogens (primary N) is 1. The lowest BCUT2D eigenvalue weighted by Gasteiger charge is -2.21. The van der Waals surface area contributed by atoms with Crippen LogP contribution in [0.2, 0.25) is 0 Å². The van der Waals surface area contributed by atoms with E-state index >= 15 is 0 Å². The Morgan fingerprint density at radius 1 is 1.63 bits per heavy atom. The molecule has 2 atom stereocenters. The Morgan fingerprint density at radius 3 is 2.84 bits per heavy atom. The van der Waals surface area contributed by atoms with Crippen LogP contribution in [0.25, 0.3) is 0 Å². The first-order valence-electron chi connectivity index (χ1n) is 6.23. The second-order valence-corrected chi connectivity index (χ2v) is 5.41. The van der Waals surface area contributed by atoms with E-state index in [-0.39, 0.29) is 6.04 Å². The van der Waals surface area contributed by atoms with Crippen LogP contribution >= 0.6 is 11.3 Å². The lowest BCUT2D eigenvalue weighted by Crippen LogP contribution is -2.31. The number of nitrogens with zero attached hydrogens (tertiary/aromatic N) is 1. The number of aliphatic carboxylic acids is 1. The molecule has 0 bridgehead atoms. The van der Waals surface area contributed by atoms with Crippen molar-refractivity contribution < 1.29 is 14.6 Å². The van der Waals surface area contributed by atoms with E-state index in [4.69, 9.17) is 15.6 Å². The zero-order chi connectivity index (χ0) is 14.4. The maximum atomic E-state index is 10.8. The third-order valence-electron chi connectivity index (χ3n) is 2.72. The lowest BCUT2D eigenvalue weighted by molar-refractivity contribution is -0.138. The summed E-state index contributed by atoms with van der Waals surface area (Å²) in [5.74, 6) is -0.696. The Balaban J connectivity index is 2.67. The molecule has 0 radical (unpaired) electrons. The number of hydrogen-bond acceptors (Lipinski definition) is 6. The van der Waals surface area contributed by atoms with Crippen LogP contribution in [0, 0.1) is 5.92 Å². The predicted octanol–water partition coefficient (Wildman–Crippen LogP) is 1.70. The van der Waals surface area contributed by atoms with Gasteiger partial charge < -0.3 is 20.9 Å². The number of hydrogen-bond donors (Lipinski definition) is 3. The normalized spacial score (nSPS) is 14.4. The highest BCUT2D eigenvalue weighted by atomic mass is 32.1. The van der Waals surface area contributed by atoms with Crippen molar-refractivity contribution in [2.45, 2.75) is 32.9 Å². The highest BCUT2D eigenvalue weighted by Crippen LogP contribution is 2.21. The van der Waals surface area contributed by atoms with Gasteiger partial charge in [-0.1, -0.05) is 13.8 Å². The number of ether oxygens (including phenoxy) is 1. The summed E-state index contributed by atoms with van der Waals surface area (Å²) in [7, 11) is 0. The monoisotopic (exact) mass is 287 g/mol. The second kappa shape index (κ2) is 7.42. The van der Waals surface area contributed by atoms with Gasteiger partial charge >= 0.3 is 5.97 Å². The van der Waals surface area contributed by atoms with Gasteiger partial charge in [0.15, 0.2) is 5.13 Å². The molecule has 19 heavy (non-hydrogen) atoms. The van der Waals surface area contributed by atoms with Gasteiger partial charge in [-0.2, -0.15) is 0 Å². The third kappa shape index (κ3) is 4.77. The zero-order valence-electron chi connectivity index (χ0n) is 11.4. The third-order valence-corrected chi connectivity index (χ3v) is 3.51. The molecule has 6 nitrogen and oxygen atoms in total. The van der Waals surface area contributed by atoms with Crippen LogP contribution in [0.3, 0.4) is 0 Å². The Labute approximate surface area is 117 Å². The molecule has 1 rings (SSSR count). The van der Waals surface area contributed by atoms with Gasteiger partial charge in [0, 0.05) is 12.0 Å². The first-order valence-corrected chi connectivity index (χ1v) is 7.11. The SMILES string of the molecule is CCOCC(Nc1nc(C(N)C(=O)O)cs1)C(C)C. The molecule has 0 saturated heterocycles. The van der Waals surface area contributed by atoms with E-state index in [1.54, 1.807) is 5.38 Å². The summed E-state index contributed by atoms with van der Waals surface area (Å²) in [4.78, 5) is 15.0. The highest BCUT2D eigenvalue weighted by Gasteiger charge is 2.19. The van der Waals surface area contributed by atoms with Gasteiger partial charge in [0.05, 0.1) is 18.3 Å². The Kier molecular flexibility index (Phi) is 6.20. The maximum absolute atomic E-state index is 10.8. The Bertz CT molecular complexity index is 409. The first kappa shape index (κ1) is 15.9. The summed E-state index contributed by atoms with van der Waals surface area (Å²) in [5.41, 5.74) is 5.89. The van der Waals surface area contributed by atoms with Crippen molar-refractivity contribution >= 4 is 22.4 Å². The van der Waals surface area contributed by atoms with Crippen molar-refractivity contribution in [3.63, 3.8) is 0 Å². The Morgan fingerprint density at radius 2 is 2.32 bits per heavy atom. The smallest absolute Gasteiger partial charge is 0.326 e. The van der Waals surface area contributed by atoms with Crippen molar-refractivity contribution in [3.05, 3.63) is 11.1 Å². The largest absolute Gasteiger partial charge is 0.480 e.